The van der Waals surface area contributed by atoms with Crippen LogP contribution in [-0.4, -0.2) is 35.2 Å². The lowest BCUT2D eigenvalue weighted by Gasteiger charge is -2.31. The molecule has 2 aliphatic rings. The summed E-state index contributed by atoms with van der Waals surface area (Å²) in [5.74, 6) is 2.92. The van der Waals surface area contributed by atoms with E-state index in [1.807, 2.05) is 42.1 Å². The van der Waals surface area contributed by atoms with Crippen LogP contribution in [0.5, 0.6) is 17.2 Å². The number of aromatic nitrogens is 1. The molecular formula is C23H21NO4S. The molecule has 6 heteroatoms. The zero-order valence-corrected chi connectivity index (χ0v) is 17.0. The third kappa shape index (κ3) is 3.21. The molecule has 5 rings (SSSR count). The number of carbonyl (C=O) groups is 1. The van der Waals surface area contributed by atoms with Crippen LogP contribution in [0.1, 0.15) is 28.8 Å². The van der Waals surface area contributed by atoms with Gasteiger partial charge in [0.2, 0.25) is 5.75 Å². The Labute approximate surface area is 173 Å². The van der Waals surface area contributed by atoms with Crippen LogP contribution in [0.4, 0.5) is 0 Å². The molecule has 1 saturated heterocycles. The number of carbonyl (C=O) groups excluding carboxylic acids is 1. The Bertz CT molecular complexity index is 1090. The molecule has 0 saturated carbocycles. The zero-order valence-electron chi connectivity index (χ0n) is 16.1. The molecule has 0 radical (unpaired) electrons. The molecule has 5 nitrogen and oxygen atoms in total. The first-order valence-electron chi connectivity index (χ1n) is 9.72. The van der Waals surface area contributed by atoms with Gasteiger partial charge in [0.15, 0.2) is 17.3 Å². The highest BCUT2D eigenvalue weighted by Gasteiger charge is 2.45. The molecule has 3 aromatic rings. The predicted molar refractivity (Wildman–Crippen MR) is 113 cm³/mol. The second-order valence-corrected chi connectivity index (χ2v) is 8.51. The lowest BCUT2D eigenvalue weighted by Crippen LogP contribution is -2.42. The highest BCUT2D eigenvalue weighted by atomic mass is 32.2. The Morgan fingerprint density at radius 3 is 2.72 bits per heavy atom. The number of para-hydroxylation sites is 1. The van der Waals surface area contributed by atoms with Crippen molar-refractivity contribution in [2.24, 2.45) is 0 Å². The van der Waals surface area contributed by atoms with Crippen LogP contribution in [0.2, 0.25) is 0 Å². The maximum absolute atomic E-state index is 13.3. The van der Waals surface area contributed by atoms with E-state index in [2.05, 4.69) is 4.98 Å². The Balaban J connectivity index is 1.51. The van der Waals surface area contributed by atoms with E-state index in [-0.39, 0.29) is 12.2 Å². The van der Waals surface area contributed by atoms with Crippen LogP contribution < -0.4 is 14.2 Å². The number of rotatable bonds is 4. The molecule has 1 aromatic heterocycles. The third-order valence-corrected chi connectivity index (χ3v) is 6.50. The van der Waals surface area contributed by atoms with E-state index in [1.165, 1.54) is 0 Å². The molecule has 148 valence electrons. The van der Waals surface area contributed by atoms with Crippen molar-refractivity contribution in [3.8, 4) is 17.2 Å². The van der Waals surface area contributed by atoms with Crippen molar-refractivity contribution < 1.29 is 19.0 Å². The fourth-order valence-electron chi connectivity index (χ4n) is 3.98. The number of thioether (sulfide) groups is 1. The summed E-state index contributed by atoms with van der Waals surface area (Å²) in [5.41, 5.74) is 2.38. The minimum absolute atomic E-state index is 0.00825. The van der Waals surface area contributed by atoms with Crippen molar-refractivity contribution in [2.75, 3.05) is 18.6 Å². The fraction of sp³-hybridized carbons (Fsp3) is 0.304. The van der Waals surface area contributed by atoms with Crippen molar-refractivity contribution in [1.29, 1.82) is 0 Å². The summed E-state index contributed by atoms with van der Waals surface area (Å²) in [7, 11) is 1.60. The molecule has 29 heavy (non-hydrogen) atoms. The average molecular weight is 407 g/mol. The Morgan fingerprint density at radius 2 is 1.90 bits per heavy atom. The number of fused-ring (bicyclic) bond motifs is 2. The van der Waals surface area contributed by atoms with Gasteiger partial charge in [0.1, 0.15) is 0 Å². The number of pyridine rings is 1. The van der Waals surface area contributed by atoms with Gasteiger partial charge >= 0.3 is 0 Å². The van der Waals surface area contributed by atoms with Gasteiger partial charge in [-0.15, -0.1) is 0 Å². The third-order valence-electron chi connectivity index (χ3n) is 5.52. The van der Waals surface area contributed by atoms with Crippen LogP contribution in [0, 0.1) is 0 Å². The topological polar surface area (TPSA) is 57.7 Å². The molecular weight excluding hydrogens is 386 g/mol. The molecule has 3 heterocycles. The van der Waals surface area contributed by atoms with Gasteiger partial charge in [-0.25, -0.2) is 0 Å². The van der Waals surface area contributed by atoms with Crippen LogP contribution in [0.3, 0.4) is 0 Å². The van der Waals surface area contributed by atoms with E-state index in [9.17, 15) is 4.79 Å². The van der Waals surface area contributed by atoms with E-state index in [0.29, 0.717) is 22.8 Å². The minimum Gasteiger partial charge on any atom is -0.493 e. The van der Waals surface area contributed by atoms with E-state index in [4.69, 9.17) is 14.2 Å². The summed E-state index contributed by atoms with van der Waals surface area (Å²) in [4.78, 5) is 17.7. The Hall–Kier alpha value is -2.73. The zero-order chi connectivity index (χ0) is 19.8. The molecule has 1 fully saturated rings. The summed E-state index contributed by atoms with van der Waals surface area (Å²) in [6, 6.07) is 13.3. The van der Waals surface area contributed by atoms with Gasteiger partial charge in [-0.1, -0.05) is 18.2 Å². The van der Waals surface area contributed by atoms with Crippen molar-refractivity contribution in [3.05, 3.63) is 59.8 Å². The number of hydrogen-bond acceptors (Lipinski definition) is 6. The number of benzene rings is 2. The van der Waals surface area contributed by atoms with Gasteiger partial charge in [-0.2, -0.15) is 11.8 Å². The molecule has 0 unspecified atom stereocenters. The molecule has 2 aromatic carbocycles. The molecule has 2 aliphatic heterocycles. The number of ether oxygens (including phenoxy) is 3. The first-order valence-corrected chi connectivity index (χ1v) is 10.9. The molecule has 0 amide bonds. The van der Waals surface area contributed by atoms with Crippen molar-refractivity contribution >= 4 is 28.4 Å². The van der Waals surface area contributed by atoms with Crippen molar-refractivity contribution in [2.45, 2.75) is 25.0 Å². The summed E-state index contributed by atoms with van der Waals surface area (Å²) in [6.07, 6.45) is 3.60. The van der Waals surface area contributed by atoms with Gasteiger partial charge in [-0.05, 0) is 29.8 Å². The summed E-state index contributed by atoms with van der Waals surface area (Å²) in [6.45, 7) is 0. The van der Waals surface area contributed by atoms with E-state index in [0.717, 1.165) is 40.8 Å². The monoisotopic (exact) mass is 407 g/mol. The number of hydrogen-bond donors (Lipinski definition) is 0. The minimum atomic E-state index is -0.680. The molecule has 0 bridgehead atoms. The van der Waals surface area contributed by atoms with Gasteiger partial charge in [0, 0.05) is 42.4 Å². The molecule has 0 atom stereocenters. The van der Waals surface area contributed by atoms with Gasteiger partial charge in [0.25, 0.3) is 5.79 Å². The number of ketones is 1. The van der Waals surface area contributed by atoms with Crippen LogP contribution >= 0.6 is 11.8 Å². The van der Waals surface area contributed by atoms with Crippen molar-refractivity contribution in [1.82, 2.24) is 4.98 Å². The summed E-state index contributed by atoms with van der Waals surface area (Å²) >= 11 is 1.89. The highest BCUT2D eigenvalue weighted by molar-refractivity contribution is 7.99. The van der Waals surface area contributed by atoms with Crippen LogP contribution in [0.25, 0.3) is 10.9 Å². The maximum atomic E-state index is 13.3. The normalized spacial score (nSPS) is 16.9. The first-order chi connectivity index (χ1) is 14.2. The average Bonchev–Trinajstić information content (AvgIpc) is 3.12. The highest BCUT2D eigenvalue weighted by Crippen LogP contribution is 2.51. The van der Waals surface area contributed by atoms with Crippen LogP contribution in [-0.2, 0) is 6.42 Å². The Morgan fingerprint density at radius 1 is 1.10 bits per heavy atom. The second kappa shape index (κ2) is 7.26. The molecule has 0 aliphatic carbocycles. The SMILES string of the molecule is COc1ccc(C(=O)Cc2ccnc3ccccc23)c2c1OC1(CCSCC1)O2. The standard InChI is InChI=1S/C23H21NO4S/c1-26-20-7-6-17(21-22(20)28-23(27-21)9-12-29-13-10-23)19(25)14-15-8-11-24-18-5-3-2-4-16(15)18/h2-8,11H,9-10,12-14H2,1H3. The smallest absolute Gasteiger partial charge is 0.253 e. The van der Waals surface area contributed by atoms with Crippen LogP contribution in [0.15, 0.2) is 48.7 Å². The largest absolute Gasteiger partial charge is 0.493 e. The Kier molecular flexibility index (Phi) is 4.59. The number of Topliss-reactive ketones (excluding diaryl/α,β-unsaturated/α-hetero) is 1. The second-order valence-electron chi connectivity index (χ2n) is 7.29. The fourth-order valence-corrected chi connectivity index (χ4v) is 5.09. The van der Waals surface area contributed by atoms with Gasteiger partial charge in [-0.3, -0.25) is 9.78 Å². The molecule has 1 spiro atoms. The summed E-state index contributed by atoms with van der Waals surface area (Å²) in [5, 5.41) is 0.992. The lowest BCUT2D eigenvalue weighted by atomic mass is 9.99. The first kappa shape index (κ1) is 18.3. The van der Waals surface area contributed by atoms with E-state index < -0.39 is 5.79 Å². The van der Waals surface area contributed by atoms with Crippen molar-refractivity contribution in [3.63, 3.8) is 0 Å². The quantitative estimate of drug-likeness (QED) is 0.586. The lowest BCUT2D eigenvalue weighted by molar-refractivity contribution is -0.0852. The van der Waals surface area contributed by atoms with E-state index >= 15 is 0 Å². The number of methoxy groups -OCH3 is 1. The van der Waals surface area contributed by atoms with E-state index in [1.54, 1.807) is 25.4 Å². The predicted octanol–water partition coefficient (Wildman–Crippen LogP) is 4.66. The maximum Gasteiger partial charge on any atom is 0.253 e. The summed E-state index contributed by atoms with van der Waals surface area (Å²) < 4.78 is 18.0. The van der Waals surface area contributed by atoms with Gasteiger partial charge < -0.3 is 14.2 Å². The molecule has 0 N–H and O–H groups in total. The van der Waals surface area contributed by atoms with Gasteiger partial charge in [0.05, 0.1) is 18.2 Å². The number of nitrogens with zero attached hydrogens (tertiary/aromatic N) is 1.